The minimum atomic E-state index is -3.37. The predicted octanol–water partition coefficient (Wildman–Crippen LogP) is 2.26. The standard InChI is InChI=1S/C13H19BrN2O2S/c1-10-7-11(9-15-2)8-12(13(10)14)19(17,18)16-5-3-4-6-16/h7-8,15H,3-6,9H2,1-2H3. The molecule has 1 aliphatic rings. The van der Waals surface area contributed by atoms with Gasteiger partial charge in [0.2, 0.25) is 10.0 Å². The summed E-state index contributed by atoms with van der Waals surface area (Å²) in [6, 6.07) is 3.77. The summed E-state index contributed by atoms with van der Waals surface area (Å²) in [6.45, 7) is 3.84. The molecule has 0 aliphatic carbocycles. The minimum absolute atomic E-state index is 0.389. The molecule has 0 amide bonds. The van der Waals surface area contributed by atoms with Crippen molar-refractivity contribution in [2.45, 2.75) is 31.2 Å². The van der Waals surface area contributed by atoms with E-state index in [1.807, 2.05) is 20.0 Å². The summed E-state index contributed by atoms with van der Waals surface area (Å²) < 4.78 is 27.5. The molecule has 1 aromatic rings. The van der Waals surface area contributed by atoms with Gasteiger partial charge in [-0.25, -0.2) is 8.42 Å². The quantitative estimate of drug-likeness (QED) is 0.909. The van der Waals surface area contributed by atoms with E-state index in [-0.39, 0.29) is 0 Å². The highest BCUT2D eigenvalue weighted by molar-refractivity contribution is 9.10. The first-order chi connectivity index (χ1) is 8.96. The van der Waals surface area contributed by atoms with Crippen LogP contribution in [0.5, 0.6) is 0 Å². The number of benzene rings is 1. The molecular formula is C13H19BrN2O2S. The number of hydrogen-bond donors (Lipinski definition) is 1. The van der Waals surface area contributed by atoms with Crippen LogP contribution in [0.2, 0.25) is 0 Å². The monoisotopic (exact) mass is 346 g/mol. The van der Waals surface area contributed by atoms with Crippen LogP contribution in [0.4, 0.5) is 0 Å². The molecule has 106 valence electrons. The number of rotatable bonds is 4. The molecule has 1 N–H and O–H groups in total. The van der Waals surface area contributed by atoms with Crippen LogP contribution in [0, 0.1) is 6.92 Å². The summed E-state index contributed by atoms with van der Waals surface area (Å²) in [5, 5.41) is 3.06. The van der Waals surface area contributed by atoms with Gasteiger partial charge in [-0.05, 0) is 59.9 Å². The van der Waals surface area contributed by atoms with Gasteiger partial charge in [0.25, 0.3) is 0 Å². The zero-order valence-corrected chi connectivity index (χ0v) is 13.6. The average molecular weight is 347 g/mol. The Morgan fingerprint density at radius 3 is 2.53 bits per heavy atom. The van der Waals surface area contributed by atoms with Gasteiger partial charge in [0.15, 0.2) is 0 Å². The fourth-order valence-electron chi connectivity index (χ4n) is 2.37. The Hall–Kier alpha value is -0.430. The third-order valence-electron chi connectivity index (χ3n) is 3.34. The normalized spacial score (nSPS) is 17.0. The molecule has 6 heteroatoms. The van der Waals surface area contributed by atoms with Gasteiger partial charge in [0.1, 0.15) is 0 Å². The van der Waals surface area contributed by atoms with Gasteiger partial charge in [-0.2, -0.15) is 4.31 Å². The smallest absolute Gasteiger partial charge is 0.244 e. The molecular weight excluding hydrogens is 328 g/mol. The molecule has 0 spiro atoms. The Morgan fingerprint density at radius 2 is 1.95 bits per heavy atom. The van der Waals surface area contributed by atoms with Crippen molar-refractivity contribution >= 4 is 26.0 Å². The highest BCUT2D eigenvalue weighted by Crippen LogP contribution is 2.31. The first-order valence-corrected chi connectivity index (χ1v) is 8.64. The molecule has 1 aliphatic heterocycles. The molecule has 2 rings (SSSR count). The molecule has 1 heterocycles. The molecule has 0 aromatic heterocycles. The SMILES string of the molecule is CNCc1cc(C)c(Br)c(S(=O)(=O)N2CCCC2)c1. The number of nitrogens with zero attached hydrogens (tertiary/aromatic N) is 1. The van der Waals surface area contributed by atoms with Crippen molar-refractivity contribution in [2.24, 2.45) is 0 Å². The maximum absolute atomic E-state index is 12.6. The van der Waals surface area contributed by atoms with E-state index in [2.05, 4.69) is 21.2 Å². The van der Waals surface area contributed by atoms with Crippen molar-refractivity contribution in [2.75, 3.05) is 20.1 Å². The topological polar surface area (TPSA) is 49.4 Å². The van der Waals surface area contributed by atoms with Crippen LogP contribution in [0.25, 0.3) is 0 Å². The van der Waals surface area contributed by atoms with E-state index in [0.717, 1.165) is 24.0 Å². The molecule has 0 atom stereocenters. The van der Waals surface area contributed by atoms with E-state index in [9.17, 15) is 8.42 Å². The van der Waals surface area contributed by atoms with Crippen LogP contribution < -0.4 is 5.32 Å². The highest BCUT2D eigenvalue weighted by Gasteiger charge is 2.29. The van der Waals surface area contributed by atoms with Crippen molar-refractivity contribution in [1.82, 2.24) is 9.62 Å². The second kappa shape index (κ2) is 5.91. The zero-order chi connectivity index (χ0) is 14.0. The first kappa shape index (κ1) is 15.0. The lowest BCUT2D eigenvalue weighted by Gasteiger charge is -2.18. The first-order valence-electron chi connectivity index (χ1n) is 6.40. The molecule has 19 heavy (non-hydrogen) atoms. The van der Waals surface area contributed by atoms with Crippen molar-refractivity contribution in [3.63, 3.8) is 0 Å². The minimum Gasteiger partial charge on any atom is -0.316 e. The molecule has 1 aromatic carbocycles. The lowest BCUT2D eigenvalue weighted by molar-refractivity contribution is 0.477. The number of halogens is 1. The summed E-state index contributed by atoms with van der Waals surface area (Å²) in [6.07, 6.45) is 1.90. The average Bonchev–Trinajstić information content (AvgIpc) is 2.88. The Morgan fingerprint density at radius 1 is 1.32 bits per heavy atom. The molecule has 0 saturated carbocycles. The van der Waals surface area contributed by atoms with Gasteiger partial charge in [0, 0.05) is 24.1 Å². The van der Waals surface area contributed by atoms with Crippen LogP contribution in [0.3, 0.4) is 0 Å². The van der Waals surface area contributed by atoms with Gasteiger partial charge in [0.05, 0.1) is 4.90 Å². The summed E-state index contributed by atoms with van der Waals surface area (Å²) in [4.78, 5) is 0.389. The lowest BCUT2D eigenvalue weighted by atomic mass is 10.1. The van der Waals surface area contributed by atoms with Gasteiger partial charge in [-0.3, -0.25) is 0 Å². The van der Waals surface area contributed by atoms with E-state index >= 15 is 0 Å². The largest absolute Gasteiger partial charge is 0.316 e. The Labute approximate surface area is 123 Å². The van der Waals surface area contributed by atoms with Crippen LogP contribution in [0.15, 0.2) is 21.5 Å². The van der Waals surface area contributed by atoms with Crippen molar-refractivity contribution in [1.29, 1.82) is 0 Å². The molecule has 4 nitrogen and oxygen atoms in total. The zero-order valence-electron chi connectivity index (χ0n) is 11.2. The fraction of sp³-hybridized carbons (Fsp3) is 0.538. The molecule has 0 bridgehead atoms. The Balaban J connectivity index is 2.48. The van der Waals surface area contributed by atoms with Crippen molar-refractivity contribution in [3.8, 4) is 0 Å². The van der Waals surface area contributed by atoms with Crippen molar-refractivity contribution < 1.29 is 8.42 Å². The Kier molecular flexibility index (Phi) is 4.66. The van der Waals surface area contributed by atoms with Gasteiger partial charge in [-0.15, -0.1) is 0 Å². The summed E-state index contributed by atoms with van der Waals surface area (Å²) in [5.74, 6) is 0. The van der Waals surface area contributed by atoms with Gasteiger partial charge in [-0.1, -0.05) is 6.07 Å². The molecule has 0 radical (unpaired) electrons. The van der Waals surface area contributed by atoms with Crippen LogP contribution in [-0.2, 0) is 16.6 Å². The second-order valence-electron chi connectivity index (χ2n) is 4.87. The van der Waals surface area contributed by atoms with Gasteiger partial charge >= 0.3 is 0 Å². The number of aryl methyl sites for hydroxylation is 1. The molecule has 1 fully saturated rings. The number of hydrogen-bond acceptors (Lipinski definition) is 3. The third kappa shape index (κ3) is 3.02. The lowest BCUT2D eigenvalue weighted by Crippen LogP contribution is -2.28. The van der Waals surface area contributed by atoms with Crippen LogP contribution in [-0.4, -0.2) is 32.9 Å². The summed E-state index contributed by atoms with van der Waals surface area (Å²) in [7, 11) is -1.52. The van der Waals surface area contributed by atoms with E-state index in [4.69, 9.17) is 0 Å². The molecule has 1 saturated heterocycles. The van der Waals surface area contributed by atoms with E-state index in [1.165, 1.54) is 0 Å². The number of sulfonamides is 1. The van der Waals surface area contributed by atoms with Crippen LogP contribution >= 0.6 is 15.9 Å². The van der Waals surface area contributed by atoms with E-state index < -0.39 is 10.0 Å². The fourth-order valence-corrected chi connectivity index (χ4v) is 4.92. The maximum atomic E-state index is 12.6. The number of nitrogens with one attached hydrogen (secondary N) is 1. The third-order valence-corrected chi connectivity index (χ3v) is 6.58. The van der Waals surface area contributed by atoms with Crippen LogP contribution in [0.1, 0.15) is 24.0 Å². The Bertz CT molecular complexity index is 566. The summed E-state index contributed by atoms with van der Waals surface area (Å²) >= 11 is 3.42. The maximum Gasteiger partial charge on any atom is 0.244 e. The highest BCUT2D eigenvalue weighted by atomic mass is 79.9. The molecule has 0 unspecified atom stereocenters. The van der Waals surface area contributed by atoms with Crippen molar-refractivity contribution in [3.05, 3.63) is 27.7 Å². The van der Waals surface area contributed by atoms with E-state index in [0.29, 0.717) is 29.0 Å². The predicted molar refractivity (Wildman–Crippen MR) is 79.6 cm³/mol. The van der Waals surface area contributed by atoms with Gasteiger partial charge < -0.3 is 5.32 Å². The van der Waals surface area contributed by atoms with E-state index in [1.54, 1.807) is 10.4 Å². The second-order valence-corrected chi connectivity index (χ2v) is 7.57. The summed E-state index contributed by atoms with van der Waals surface area (Å²) in [5.41, 5.74) is 1.94.